The summed E-state index contributed by atoms with van der Waals surface area (Å²) in [4.78, 5) is 9.86. The van der Waals surface area contributed by atoms with E-state index in [9.17, 15) is 0 Å². The first-order chi connectivity index (χ1) is 7.18. The molecule has 1 unspecified atom stereocenters. The molecule has 0 bridgehead atoms. The molecule has 3 nitrogen and oxygen atoms in total. The summed E-state index contributed by atoms with van der Waals surface area (Å²) in [6, 6.07) is 3.90. The molecule has 1 aliphatic rings. The Kier molecular flexibility index (Phi) is 1.85. The van der Waals surface area contributed by atoms with E-state index >= 15 is 0 Å². The van der Waals surface area contributed by atoms with E-state index in [-0.39, 0.29) is 5.54 Å². The van der Waals surface area contributed by atoms with Gasteiger partial charge in [0.2, 0.25) is 0 Å². The van der Waals surface area contributed by atoms with Crippen molar-refractivity contribution < 1.29 is 0 Å². The van der Waals surface area contributed by atoms with Gasteiger partial charge in [-0.05, 0) is 37.8 Å². The van der Waals surface area contributed by atoms with Crippen molar-refractivity contribution in [3.63, 3.8) is 0 Å². The van der Waals surface area contributed by atoms with E-state index in [4.69, 9.17) is 5.73 Å². The van der Waals surface area contributed by atoms with Crippen LogP contribution in [-0.4, -0.2) is 9.97 Å². The Balaban J connectivity index is 2.11. The summed E-state index contributed by atoms with van der Waals surface area (Å²) in [6.45, 7) is 2.09. The number of nitrogens with zero attached hydrogens (tertiary/aromatic N) is 2. The fraction of sp³-hybridized carbons (Fsp3) is 0.455. The molecule has 2 N–H and O–H groups in total. The molecule has 0 spiro atoms. The van der Waals surface area contributed by atoms with E-state index in [1.54, 1.807) is 17.5 Å². The minimum atomic E-state index is -0.259. The first-order valence-corrected chi connectivity index (χ1v) is 6.00. The average molecular weight is 219 g/mol. The molecule has 1 atom stereocenters. The number of pyridine rings is 1. The van der Waals surface area contributed by atoms with Crippen LogP contribution in [-0.2, 0) is 5.54 Å². The minimum absolute atomic E-state index is 0.259. The van der Waals surface area contributed by atoms with Gasteiger partial charge in [-0.15, -0.1) is 0 Å². The fourth-order valence-electron chi connectivity index (χ4n) is 1.86. The molecule has 0 saturated heterocycles. The van der Waals surface area contributed by atoms with Crippen LogP contribution >= 0.6 is 11.3 Å². The Hall–Kier alpha value is -1.00. The summed E-state index contributed by atoms with van der Waals surface area (Å²) >= 11 is 1.63. The molecule has 0 radical (unpaired) electrons. The molecule has 78 valence electrons. The molecule has 2 aromatic rings. The maximum atomic E-state index is 6.33. The third kappa shape index (κ3) is 1.44. The van der Waals surface area contributed by atoms with Crippen molar-refractivity contribution in [3.8, 4) is 0 Å². The maximum absolute atomic E-state index is 6.33. The van der Waals surface area contributed by atoms with Gasteiger partial charge in [0.15, 0.2) is 0 Å². The molecule has 15 heavy (non-hydrogen) atoms. The zero-order valence-electron chi connectivity index (χ0n) is 8.60. The average Bonchev–Trinajstić information content (AvgIpc) is 2.97. The number of thiazole rings is 1. The molecule has 2 heterocycles. The van der Waals surface area contributed by atoms with Crippen LogP contribution in [0.5, 0.6) is 0 Å². The third-order valence-electron chi connectivity index (χ3n) is 3.05. The van der Waals surface area contributed by atoms with Crippen molar-refractivity contribution in [1.82, 2.24) is 9.97 Å². The Morgan fingerprint density at radius 2 is 2.33 bits per heavy atom. The highest BCUT2D eigenvalue weighted by Crippen LogP contribution is 2.45. The number of hydrogen-bond acceptors (Lipinski definition) is 4. The number of aromatic nitrogens is 2. The predicted octanol–water partition coefficient (Wildman–Crippen LogP) is 2.28. The number of hydrogen-bond donors (Lipinski definition) is 1. The van der Waals surface area contributed by atoms with Crippen LogP contribution in [0.4, 0.5) is 0 Å². The van der Waals surface area contributed by atoms with Crippen LogP contribution in [0.25, 0.3) is 10.3 Å². The lowest BCUT2D eigenvalue weighted by atomic mass is 9.99. The third-order valence-corrected chi connectivity index (χ3v) is 4.29. The summed E-state index contributed by atoms with van der Waals surface area (Å²) < 4.78 is 0. The molecule has 1 fully saturated rings. The Labute approximate surface area is 92.4 Å². The lowest BCUT2D eigenvalue weighted by Gasteiger charge is -2.20. The highest BCUT2D eigenvalue weighted by Gasteiger charge is 2.41. The Bertz CT molecular complexity index is 466. The van der Waals surface area contributed by atoms with Crippen LogP contribution in [0.2, 0.25) is 0 Å². The molecule has 1 saturated carbocycles. The van der Waals surface area contributed by atoms with E-state index in [1.807, 2.05) is 12.1 Å². The quantitative estimate of drug-likeness (QED) is 0.843. The Morgan fingerprint density at radius 3 is 3.00 bits per heavy atom. The topological polar surface area (TPSA) is 51.8 Å². The lowest BCUT2D eigenvalue weighted by molar-refractivity contribution is 0.426. The van der Waals surface area contributed by atoms with Gasteiger partial charge in [0.1, 0.15) is 15.4 Å². The largest absolute Gasteiger partial charge is 0.319 e. The van der Waals surface area contributed by atoms with Gasteiger partial charge >= 0.3 is 0 Å². The molecule has 3 rings (SSSR count). The second kappa shape index (κ2) is 3.00. The molecule has 1 aliphatic carbocycles. The van der Waals surface area contributed by atoms with Crippen LogP contribution in [0.15, 0.2) is 18.3 Å². The standard InChI is InChI=1S/C11H13N3S/c1-11(12,7-4-5-7)10-14-8-3-2-6-13-9(8)15-10/h2-3,6-7H,4-5,12H2,1H3. The van der Waals surface area contributed by atoms with Crippen molar-refractivity contribution in [2.45, 2.75) is 25.3 Å². The lowest BCUT2D eigenvalue weighted by Crippen LogP contribution is -2.35. The monoisotopic (exact) mass is 219 g/mol. The molecular weight excluding hydrogens is 206 g/mol. The van der Waals surface area contributed by atoms with Crippen LogP contribution in [0, 0.1) is 5.92 Å². The van der Waals surface area contributed by atoms with Gasteiger partial charge in [-0.3, -0.25) is 0 Å². The maximum Gasteiger partial charge on any atom is 0.143 e. The van der Waals surface area contributed by atoms with Crippen molar-refractivity contribution in [2.24, 2.45) is 11.7 Å². The minimum Gasteiger partial charge on any atom is -0.319 e. The first kappa shape index (κ1) is 9.24. The van der Waals surface area contributed by atoms with Crippen LogP contribution < -0.4 is 5.73 Å². The van der Waals surface area contributed by atoms with Crippen molar-refractivity contribution in [3.05, 3.63) is 23.3 Å². The number of nitrogens with two attached hydrogens (primary N) is 1. The normalized spacial score (nSPS) is 20.4. The second-order valence-corrected chi connectivity index (χ2v) is 5.38. The predicted molar refractivity (Wildman–Crippen MR) is 61.7 cm³/mol. The number of rotatable bonds is 2. The van der Waals surface area contributed by atoms with Crippen molar-refractivity contribution in [1.29, 1.82) is 0 Å². The smallest absolute Gasteiger partial charge is 0.143 e. The molecular formula is C11H13N3S. The van der Waals surface area contributed by atoms with Gasteiger partial charge in [0.05, 0.1) is 5.54 Å². The van der Waals surface area contributed by atoms with Gasteiger partial charge in [-0.2, -0.15) is 0 Å². The van der Waals surface area contributed by atoms with E-state index < -0.39 is 0 Å². The summed E-state index contributed by atoms with van der Waals surface area (Å²) in [5.74, 6) is 0.609. The fourth-order valence-corrected chi connectivity index (χ4v) is 2.90. The van der Waals surface area contributed by atoms with E-state index in [2.05, 4.69) is 16.9 Å². The molecule has 0 aromatic carbocycles. The summed E-state index contributed by atoms with van der Waals surface area (Å²) in [6.07, 6.45) is 4.27. The summed E-state index contributed by atoms with van der Waals surface area (Å²) in [5.41, 5.74) is 7.04. The highest BCUT2D eigenvalue weighted by atomic mass is 32.1. The van der Waals surface area contributed by atoms with Crippen LogP contribution in [0.1, 0.15) is 24.8 Å². The summed E-state index contributed by atoms with van der Waals surface area (Å²) in [7, 11) is 0. The van der Waals surface area contributed by atoms with Gasteiger partial charge in [0.25, 0.3) is 0 Å². The Morgan fingerprint density at radius 1 is 1.53 bits per heavy atom. The highest BCUT2D eigenvalue weighted by molar-refractivity contribution is 7.18. The van der Waals surface area contributed by atoms with Gasteiger partial charge in [-0.1, -0.05) is 11.3 Å². The van der Waals surface area contributed by atoms with Crippen LogP contribution in [0.3, 0.4) is 0 Å². The SMILES string of the molecule is CC(N)(c1nc2cccnc2s1)C1CC1. The summed E-state index contributed by atoms with van der Waals surface area (Å²) in [5, 5.41) is 1.03. The van der Waals surface area contributed by atoms with E-state index in [1.165, 1.54) is 12.8 Å². The van der Waals surface area contributed by atoms with Gasteiger partial charge in [0, 0.05) is 6.20 Å². The first-order valence-electron chi connectivity index (χ1n) is 5.19. The second-order valence-electron chi connectivity index (χ2n) is 4.40. The molecule has 4 heteroatoms. The van der Waals surface area contributed by atoms with E-state index in [0.29, 0.717) is 5.92 Å². The molecule has 2 aromatic heterocycles. The zero-order chi connectivity index (χ0) is 10.5. The zero-order valence-corrected chi connectivity index (χ0v) is 9.42. The molecule has 0 amide bonds. The number of fused-ring (bicyclic) bond motifs is 1. The van der Waals surface area contributed by atoms with Gasteiger partial charge in [-0.25, -0.2) is 9.97 Å². The van der Waals surface area contributed by atoms with Gasteiger partial charge < -0.3 is 5.73 Å². The van der Waals surface area contributed by atoms with Crippen molar-refractivity contribution in [2.75, 3.05) is 0 Å². The van der Waals surface area contributed by atoms with Crippen molar-refractivity contribution >= 4 is 21.7 Å². The molecule has 0 aliphatic heterocycles. The van der Waals surface area contributed by atoms with E-state index in [0.717, 1.165) is 15.4 Å².